The van der Waals surface area contributed by atoms with E-state index < -0.39 is 5.25 Å². The van der Waals surface area contributed by atoms with Crippen LogP contribution in [-0.2, 0) is 14.3 Å². The molecule has 1 N–H and O–H groups in total. The fraction of sp³-hybridized carbons (Fsp3) is 0.273. The molecule has 2 aromatic carbocycles. The van der Waals surface area contributed by atoms with Gasteiger partial charge < -0.3 is 10.1 Å². The quantitative estimate of drug-likeness (QED) is 0.533. The van der Waals surface area contributed by atoms with Gasteiger partial charge in [0.25, 0.3) is 0 Å². The molecule has 2 amide bonds. The van der Waals surface area contributed by atoms with Crippen molar-refractivity contribution in [3.63, 3.8) is 0 Å². The largest absolute Gasteiger partial charge is 0.383 e. The van der Waals surface area contributed by atoms with Crippen LogP contribution in [0.1, 0.15) is 23.7 Å². The number of ether oxygens (including phenoxy) is 1. The molecular formula is C22H21Cl2N3O4S. The Morgan fingerprint density at radius 1 is 1.16 bits per heavy atom. The highest BCUT2D eigenvalue weighted by atomic mass is 35.5. The molecule has 1 unspecified atom stereocenters. The topological polar surface area (TPSA) is 88.1 Å². The number of carbonyl (C=O) groups excluding carboxylic acids is 3. The molecule has 0 bridgehead atoms. The number of anilines is 1. The van der Waals surface area contributed by atoms with Crippen LogP contribution in [0.5, 0.6) is 0 Å². The molecule has 0 saturated carbocycles. The summed E-state index contributed by atoms with van der Waals surface area (Å²) in [6.45, 7) is 2.12. The van der Waals surface area contributed by atoms with Crippen LogP contribution in [0.25, 0.3) is 0 Å². The summed E-state index contributed by atoms with van der Waals surface area (Å²) in [6, 6.07) is 11.5. The van der Waals surface area contributed by atoms with Crippen LogP contribution in [0.3, 0.4) is 0 Å². The number of methoxy groups -OCH3 is 1. The summed E-state index contributed by atoms with van der Waals surface area (Å²) in [5, 5.41) is 3.38. The number of nitrogens with one attached hydrogen (secondary N) is 1. The van der Waals surface area contributed by atoms with E-state index >= 15 is 0 Å². The zero-order chi connectivity index (χ0) is 23.3. The molecule has 168 valence electrons. The van der Waals surface area contributed by atoms with Crippen LogP contribution in [0, 0.1) is 0 Å². The summed E-state index contributed by atoms with van der Waals surface area (Å²) >= 11 is 13.2. The Bertz CT molecular complexity index is 1060. The van der Waals surface area contributed by atoms with Crippen molar-refractivity contribution < 1.29 is 19.1 Å². The Morgan fingerprint density at radius 2 is 1.88 bits per heavy atom. The maximum Gasteiger partial charge on any atom is 0.242 e. The van der Waals surface area contributed by atoms with E-state index in [1.165, 1.54) is 23.6 Å². The van der Waals surface area contributed by atoms with E-state index in [9.17, 15) is 14.4 Å². The fourth-order valence-corrected chi connectivity index (χ4v) is 4.42. The van der Waals surface area contributed by atoms with E-state index in [1.54, 1.807) is 49.6 Å². The number of Topliss-reactive ketones (excluding diaryl/α,β-unsaturated/α-hetero) is 1. The Morgan fingerprint density at radius 3 is 2.50 bits per heavy atom. The molecule has 2 aromatic rings. The molecule has 3 rings (SSSR count). The first-order valence-electron chi connectivity index (χ1n) is 9.70. The third-order valence-corrected chi connectivity index (χ3v) is 6.53. The Hall–Kier alpha value is -2.39. The minimum Gasteiger partial charge on any atom is -0.383 e. The molecule has 10 heteroatoms. The number of aliphatic imine (C=N–C) groups is 1. The number of carbonyl (C=O) groups is 3. The Labute approximate surface area is 200 Å². The normalized spacial score (nSPS) is 17.1. The summed E-state index contributed by atoms with van der Waals surface area (Å²) in [7, 11) is 1.55. The molecule has 0 aliphatic carbocycles. The van der Waals surface area contributed by atoms with Gasteiger partial charge in [0.05, 0.1) is 28.9 Å². The molecule has 0 radical (unpaired) electrons. The second kappa shape index (κ2) is 11.0. The van der Waals surface area contributed by atoms with E-state index in [2.05, 4.69) is 10.3 Å². The molecule has 1 heterocycles. The molecule has 1 aliphatic heterocycles. The van der Waals surface area contributed by atoms with Crippen molar-refractivity contribution in [3.05, 3.63) is 58.1 Å². The second-order valence-corrected chi connectivity index (χ2v) is 8.95. The van der Waals surface area contributed by atoms with E-state index in [1.807, 2.05) is 0 Å². The van der Waals surface area contributed by atoms with Crippen LogP contribution >= 0.6 is 35.0 Å². The van der Waals surface area contributed by atoms with Crippen molar-refractivity contribution in [1.82, 2.24) is 4.90 Å². The Kier molecular flexibility index (Phi) is 8.31. The van der Waals surface area contributed by atoms with Crippen molar-refractivity contribution in [3.8, 4) is 0 Å². The number of thioether (sulfide) groups is 1. The van der Waals surface area contributed by atoms with Crippen LogP contribution < -0.4 is 5.32 Å². The van der Waals surface area contributed by atoms with E-state index in [0.717, 1.165) is 0 Å². The maximum atomic E-state index is 12.9. The SMILES string of the molecule is COCCN1C(=O)C(CC(=O)Nc2ccc(C(C)=O)cc2)SC1=Nc1ccc(Cl)c(Cl)c1. The van der Waals surface area contributed by atoms with E-state index in [0.29, 0.717) is 45.3 Å². The summed E-state index contributed by atoms with van der Waals surface area (Å²) in [5.74, 6) is -0.581. The summed E-state index contributed by atoms with van der Waals surface area (Å²) in [6.07, 6.45) is -0.0260. The molecule has 7 nitrogen and oxygen atoms in total. The third kappa shape index (κ3) is 6.10. The number of rotatable bonds is 8. The first-order valence-corrected chi connectivity index (χ1v) is 11.3. The van der Waals surface area contributed by atoms with Gasteiger partial charge in [0.2, 0.25) is 11.8 Å². The standard InChI is InChI=1S/C22H21Cl2N3O4S/c1-13(28)14-3-5-15(6-4-14)25-20(29)12-19-21(30)27(9-10-31-2)22(32-19)26-16-7-8-17(23)18(24)11-16/h3-8,11,19H,9-10,12H2,1-2H3,(H,25,29). The lowest BCUT2D eigenvalue weighted by atomic mass is 10.1. The Balaban J connectivity index is 1.72. The highest BCUT2D eigenvalue weighted by molar-refractivity contribution is 8.15. The summed E-state index contributed by atoms with van der Waals surface area (Å²) < 4.78 is 5.11. The highest BCUT2D eigenvalue weighted by Crippen LogP contribution is 2.33. The molecule has 1 fully saturated rings. The molecule has 1 saturated heterocycles. The molecule has 1 atom stereocenters. The van der Waals surface area contributed by atoms with Gasteiger partial charge in [0.1, 0.15) is 5.25 Å². The lowest BCUT2D eigenvalue weighted by Gasteiger charge is -2.15. The number of benzene rings is 2. The summed E-state index contributed by atoms with van der Waals surface area (Å²) in [4.78, 5) is 42.9. The van der Waals surface area contributed by atoms with Crippen molar-refractivity contribution in [2.75, 3.05) is 25.6 Å². The van der Waals surface area contributed by atoms with Gasteiger partial charge in [-0.05, 0) is 49.4 Å². The predicted octanol–water partition coefficient (Wildman–Crippen LogP) is 4.80. The minimum absolute atomic E-state index is 0.0260. The fourth-order valence-electron chi connectivity index (χ4n) is 2.95. The first kappa shape index (κ1) is 24.3. The van der Waals surface area contributed by atoms with Crippen molar-refractivity contribution in [2.45, 2.75) is 18.6 Å². The highest BCUT2D eigenvalue weighted by Gasteiger charge is 2.39. The van der Waals surface area contributed by atoms with Crippen LogP contribution in [0.15, 0.2) is 47.5 Å². The lowest BCUT2D eigenvalue weighted by molar-refractivity contribution is -0.128. The molecular weight excluding hydrogens is 473 g/mol. The van der Waals surface area contributed by atoms with Gasteiger partial charge in [0, 0.05) is 24.8 Å². The van der Waals surface area contributed by atoms with Crippen LogP contribution in [-0.4, -0.2) is 53.2 Å². The van der Waals surface area contributed by atoms with Gasteiger partial charge in [0.15, 0.2) is 11.0 Å². The first-order chi connectivity index (χ1) is 15.3. The van der Waals surface area contributed by atoms with Crippen molar-refractivity contribution in [2.24, 2.45) is 4.99 Å². The van der Waals surface area contributed by atoms with Gasteiger partial charge in [-0.25, -0.2) is 4.99 Å². The van der Waals surface area contributed by atoms with Gasteiger partial charge >= 0.3 is 0 Å². The van der Waals surface area contributed by atoms with E-state index in [-0.39, 0.29) is 24.0 Å². The minimum atomic E-state index is -0.620. The van der Waals surface area contributed by atoms with Gasteiger partial charge in [-0.2, -0.15) is 0 Å². The monoisotopic (exact) mass is 493 g/mol. The van der Waals surface area contributed by atoms with Crippen molar-refractivity contribution >= 4 is 69.1 Å². The number of hydrogen-bond donors (Lipinski definition) is 1. The van der Waals surface area contributed by atoms with Crippen molar-refractivity contribution in [1.29, 1.82) is 0 Å². The zero-order valence-corrected chi connectivity index (χ0v) is 19.8. The lowest BCUT2D eigenvalue weighted by Crippen LogP contribution is -2.35. The number of ketones is 1. The zero-order valence-electron chi connectivity index (χ0n) is 17.4. The molecule has 1 aliphatic rings. The number of amides is 2. The molecule has 0 aromatic heterocycles. The van der Waals surface area contributed by atoms with Crippen LogP contribution in [0.2, 0.25) is 10.0 Å². The second-order valence-electron chi connectivity index (χ2n) is 6.97. The number of hydrogen-bond acceptors (Lipinski definition) is 6. The predicted molar refractivity (Wildman–Crippen MR) is 128 cm³/mol. The number of amidine groups is 1. The third-order valence-electron chi connectivity index (χ3n) is 4.61. The van der Waals surface area contributed by atoms with Gasteiger partial charge in [-0.3, -0.25) is 19.3 Å². The number of nitrogens with zero attached hydrogens (tertiary/aromatic N) is 2. The number of halogens is 2. The summed E-state index contributed by atoms with van der Waals surface area (Å²) in [5.41, 5.74) is 1.66. The van der Waals surface area contributed by atoms with Gasteiger partial charge in [-0.1, -0.05) is 35.0 Å². The molecule has 0 spiro atoms. The average Bonchev–Trinajstić information content (AvgIpc) is 3.03. The maximum absolute atomic E-state index is 12.9. The average molecular weight is 494 g/mol. The smallest absolute Gasteiger partial charge is 0.242 e. The molecule has 32 heavy (non-hydrogen) atoms. The van der Waals surface area contributed by atoms with Crippen LogP contribution in [0.4, 0.5) is 11.4 Å². The van der Waals surface area contributed by atoms with E-state index in [4.69, 9.17) is 27.9 Å². The van der Waals surface area contributed by atoms with Gasteiger partial charge in [-0.15, -0.1) is 0 Å².